The van der Waals surface area contributed by atoms with Gasteiger partial charge in [-0.05, 0) is 18.4 Å². The fraction of sp³-hybridized carbons (Fsp3) is 0.444. The van der Waals surface area contributed by atoms with Crippen molar-refractivity contribution in [3.8, 4) is 11.3 Å². The number of benzene rings is 1. The number of hydrogen-bond acceptors (Lipinski definition) is 2. The van der Waals surface area contributed by atoms with Gasteiger partial charge in [0.15, 0.2) is 0 Å². The normalized spacial score (nSPS) is 22.6. The van der Waals surface area contributed by atoms with Crippen molar-refractivity contribution in [2.75, 3.05) is 0 Å². The van der Waals surface area contributed by atoms with E-state index in [4.69, 9.17) is 0 Å². The van der Waals surface area contributed by atoms with Gasteiger partial charge in [0, 0.05) is 30.7 Å². The number of rotatable bonds is 3. The lowest BCUT2D eigenvalue weighted by Crippen LogP contribution is -2.29. The summed E-state index contributed by atoms with van der Waals surface area (Å²) >= 11 is 0. The van der Waals surface area contributed by atoms with Crippen molar-refractivity contribution < 1.29 is 13.6 Å². The summed E-state index contributed by atoms with van der Waals surface area (Å²) in [5, 5.41) is 0. The molecule has 2 heterocycles. The Kier molecular flexibility index (Phi) is 3.32. The van der Waals surface area contributed by atoms with E-state index in [9.17, 15) is 13.6 Å². The number of nitrogens with zero attached hydrogens (tertiary/aromatic N) is 2. The molecule has 0 N–H and O–H groups in total. The summed E-state index contributed by atoms with van der Waals surface area (Å²) in [6, 6.07) is 7.96. The zero-order valence-corrected chi connectivity index (χ0v) is 12.7. The fourth-order valence-electron chi connectivity index (χ4n) is 3.86. The highest BCUT2D eigenvalue weighted by atomic mass is 19.3. The highest BCUT2D eigenvalue weighted by molar-refractivity contribution is 5.83. The van der Waals surface area contributed by atoms with Crippen LogP contribution in [-0.4, -0.2) is 21.3 Å². The SMILES string of the molecule is O=C(CC1c2ccccc2-c2cncn21)C1CCC(F)(F)CC1. The van der Waals surface area contributed by atoms with Crippen LogP contribution >= 0.6 is 0 Å². The standard InChI is InChI=1S/C18H18F2N2O/c19-18(20)7-5-12(6-8-18)17(23)9-15-13-3-1-2-4-14(13)16-10-21-11-22(15)16/h1-4,10-12,15H,5-9H2. The number of carbonyl (C=O) groups is 1. The predicted molar refractivity (Wildman–Crippen MR) is 82.3 cm³/mol. The van der Waals surface area contributed by atoms with Crippen LogP contribution in [0.4, 0.5) is 8.78 Å². The van der Waals surface area contributed by atoms with Crippen LogP contribution in [0.3, 0.4) is 0 Å². The largest absolute Gasteiger partial charge is 0.323 e. The van der Waals surface area contributed by atoms with Gasteiger partial charge in [-0.2, -0.15) is 0 Å². The maximum atomic E-state index is 13.3. The van der Waals surface area contributed by atoms with Gasteiger partial charge in [-0.1, -0.05) is 24.3 Å². The minimum absolute atomic E-state index is 0.0568. The Morgan fingerprint density at radius 3 is 2.78 bits per heavy atom. The number of alkyl halides is 2. The third-order valence-electron chi connectivity index (χ3n) is 5.16. The number of fused-ring (bicyclic) bond motifs is 3. The van der Waals surface area contributed by atoms with Gasteiger partial charge in [0.1, 0.15) is 5.78 Å². The molecule has 0 radical (unpaired) electrons. The first-order valence-corrected chi connectivity index (χ1v) is 8.07. The summed E-state index contributed by atoms with van der Waals surface area (Å²) in [6.07, 6.45) is 4.19. The van der Waals surface area contributed by atoms with Crippen LogP contribution in [0.15, 0.2) is 36.8 Å². The molecule has 1 fully saturated rings. The number of aromatic nitrogens is 2. The zero-order chi connectivity index (χ0) is 16.0. The molecule has 5 heteroatoms. The van der Waals surface area contributed by atoms with E-state index in [-0.39, 0.29) is 30.6 Å². The molecule has 1 saturated carbocycles. The molecule has 4 rings (SSSR count). The molecule has 2 aromatic rings. The molecule has 1 aromatic carbocycles. The lowest BCUT2D eigenvalue weighted by molar-refractivity contribution is -0.127. The van der Waals surface area contributed by atoms with Crippen molar-refractivity contribution in [3.05, 3.63) is 42.4 Å². The van der Waals surface area contributed by atoms with Crippen LogP contribution in [0, 0.1) is 5.92 Å². The van der Waals surface area contributed by atoms with Crippen LogP contribution in [-0.2, 0) is 4.79 Å². The van der Waals surface area contributed by atoms with Crippen molar-refractivity contribution in [1.29, 1.82) is 0 Å². The van der Waals surface area contributed by atoms with E-state index in [1.54, 1.807) is 6.33 Å². The minimum Gasteiger partial charge on any atom is -0.323 e. The molecule has 120 valence electrons. The third-order valence-corrected chi connectivity index (χ3v) is 5.16. The number of halogens is 2. The molecule has 23 heavy (non-hydrogen) atoms. The number of imidazole rings is 1. The van der Waals surface area contributed by atoms with E-state index >= 15 is 0 Å². The molecular weight excluding hydrogens is 298 g/mol. The van der Waals surface area contributed by atoms with Gasteiger partial charge in [0.25, 0.3) is 0 Å². The number of carbonyl (C=O) groups excluding carboxylic acids is 1. The molecule has 1 aliphatic carbocycles. The van der Waals surface area contributed by atoms with E-state index < -0.39 is 5.92 Å². The first-order chi connectivity index (χ1) is 11.1. The lowest BCUT2D eigenvalue weighted by Gasteiger charge is -2.28. The number of hydrogen-bond donors (Lipinski definition) is 0. The first-order valence-electron chi connectivity index (χ1n) is 8.07. The van der Waals surface area contributed by atoms with E-state index in [0.29, 0.717) is 19.3 Å². The topological polar surface area (TPSA) is 34.9 Å². The van der Waals surface area contributed by atoms with Crippen LogP contribution in [0.1, 0.15) is 43.7 Å². The van der Waals surface area contributed by atoms with Crippen LogP contribution in [0.25, 0.3) is 11.3 Å². The maximum absolute atomic E-state index is 13.3. The summed E-state index contributed by atoms with van der Waals surface area (Å²) in [5.41, 5.74) is 3.26. The summed E-state index contributed by atoms with van der Waals surface area (Å²) in [6.45, 7) is 0. The van der Waals surface area contributed by atoms with E-state index in [1.807, 2.05) is 35.0 Å². The summed E-state index contributed by atoms with van der Waals surface area (Å²) in [7, 11) is 0. The van der Waals surface area contributed by atoms with Crippen LogP contribution in [0.5, 0.6) is 0 Å². The average Bonchev–Trinajstić information content (AvgIpc) is 3.10. The Labute approximate surface area is 133 Å². The molecule has 1 aromatic heterocycles. The van der Waals surface area contributed by atoms with Crippen molar-refractivity contribution >= 4 is 5.78 Å². The van der Waals surface area contributed by atoms with Crippen molar-refractivity contribution in [2.24, 2.45) is 5.92 Å². The van der Waals surface area contributed by atoms with Crippen LogP contribution < -0.4 is 0 Å². The highest BCUT2D eigenvalue weighted by Crippen LogP contribution is 2.43. The van der Waals surface area contributed by atoms with E-state index in [2.05, 4.69) is 4.98 Å². The minimum atomic E-state index is -2.59. The smallest absolute Gasteiger partial charge is 0.248 e. The molecule has 3 nitrogen and oxygen atoms in total. The second-order valence-corrected chi connectivity index (χ2v) is 6.59. The molecule has 2 aliphatic rings. The highest BCUT2D eigenvalue weighted by Gasteiger charge is 2.38. The summed E-state index contributed by atoms with van der Waals surface area (Å²) < 4.78 is 28.6. The summed E-state index contributed by atoms with van der Waals surface area (Å²) in [5.74, 6) is -2.72. The monoisotopic (exact) mass is 316 g/mol. The Morgan fingerprint density at radius 2 is 2.00 bits per heavy atom. The lowest BCUT2D eigenvalue weighted by atomic mass is 9.82. The van der Waals surface area contributed by atoms with Crippen molar-refractivity contribution in [3.63, 3.8) is 0 Å². The second kappa shape index (κ2) is 5.25. The average molecular weight is 316 g/mol. The Bertz CT molecular complexity index is 743. The van der Waals surface area contributed by atoms with Gasteiger partial charge in [-0.3, -0.25) is 4.79 Å². The third kappa shape index (κ3) is 2.48. The molecule has 0 spiro atoms. The molecule has 0 amide bonds. The van der Waals surface area contributed by atoms with Gasteiger partial charge in [0.2, 0.25) is 5.92 Å². The van der Waals surface area contributed by atoms with Crippen molar-refractivity contribution in [1.82, 2.24) is 9.55 Å². The predicted octanol–water partition coefficient (Wildman–Crippen LogP) is 4.24. The number of ketones is 1. The molecule has 1 aliphatic heterocycles. The molecule has 1 atom stereocenters. The Hall–Kier alpha value is -2.04. The van der Waals surface area contributed by atoms with Gasteiger partial charge in [-0.15, -0.1) is 0 Å². The number of Topliss-reactive ketones (excluding diaryl/α,β-unsaturated/α-hetero) is 1. The Balaban J connectivity index is 1.55. The Morgan fingerprint density at radius 1 is 1.26 bits per heavy atom. The van der Waals surface area contributed by atoms with Gasteiger partial charge in [0.05, 0.1) is 24.3 Å². The quantitative estimate of drug-likeness (QED) is 0.849. The molecule has 0 saturated heterocycles. The molecule has 1 unspecified atom stereocenters. The molecular formula is C18H18F2N2O. The molecule has 0 bridgehead atoms. The van der Waals surface area contributed by atoms with E-state index in [1.165, 1.54) is 0 Å². The van der Waals surface area contributed by atoms with Crippen molar-refractivity contribution in [2.45, 2.75) is 44.1 Å². The van der Waals surface area contributed by atoms with E-state index in [0.717, 1.165) is 16.8 Å². The summed E-state index contributed by atoms with van der Waals surface area (Å²) in [4.78, 5) is 16.8. The fourth-order valence-corrected chi connectivity index (χ4v) is 3.86. The second-order valence-electron chi connectivity index (χ2n) is 6.59. The van der Waals surface area contributed by atoms with Gasteiger partial charge < -0.3 is 4.57 Å². The first kappa shape index (κ1) is 14.5. The van der Waals surface area contributed by atoms with Crippen LogP contribution in [0.2, 0.25) is 0 Å². The maximum Gasteiger partial charge on any atom is 0.248 e. The zero-order valence-electron chi connectivity index (χ0n) is 12.7. The van der Waals surface area contributed by atoms with Gasteiger partial charge >= 0.3 is 0 Å². The van der Waals surface area contributed by atoms with Gasteiger partial charge in [-0.25, -0.2) is 13.8 Å².